The Morgan fingerprint density at radius 2 is 1.63 bits per heavy atom. The van der Waals surface area contributed by atoms with Crippen LogP contribution in [0.3, 0.4) is 0 Å². The molecule has 9 heteroatoms. The lowest BCUT2D eigenvalue weighted by Gasteiger charge is -2.40. The lowest BCUT2D eigenvalue weighted by molar-refractivity contribution is -0.139. The molecule has 3 saturated heterocycles. The zero-order valence-electron chi connectivity index (χ0n) is 17.0. The number of carbonyl (C=O) groups is 2. The Kier molecular flexibility index (Phi) is 6.36. The van der Waals surface area contributed by atoms with E-state index in [0.29, 0.717) is 56.3 Å². The number of piperidine rings is 1. The van der Waals surface area contributed by atoms with Gasteiger partial charge in [-0.05, 0) is 43.5 Å². The number of halogens is 1. The number of carbonyl (C=O) groups excluding carboxylic acids is 2. The summed E-state index contributed by atoms with van der Waals surface area (Å²) in [6.45, 7) is 3.78. The van der Waals surface area contributed by atoms with Gasteiger partial charge in [0, 0.05) is 55.9 Å². The van der Waals surface area contributed by atoms with Gasteiger partial charge in [0.2, 0.25) is 5.91 Å². The highest BCUT2D eigenvalue weighted by Crippen LogP contribution is 2.24. The molecule has 0 N–H and O–H groups in total. The highest BCUT2D eigenvalue weighted by atomic mass is 35.5. The van der Waals surface area contributed by atoms with Crippen molar-refractivity contribution in [1.82, 2.24) is 14.7 Å². The second-order valence-electron chi connectivity index (χ2n) is 8.52. The Balaban J connectivity index is 1.31. The van der Waals surface area contributed by atoms with Gasteiger partial charge in [-0.25, -0.2) is 8.42 Å². The monoisotopic (exact) mass is 453 g/mol. The first-order valence-corrected chi connectivity index (χ1v) is 12.8. The van der Waals surface area contributed by atoms with Crippen LogP contribution in [0.15, 0.2) is 24.3 Å². The Hall–Kier alpha value is -1.64. The number of benzene rings is 1. The molecule has 2 atom stereocenters. The van der Waals surface area contributed by atoms with Gasteiger partial charge in [-0.2, -0.15) is 0 Å². The largest absolute Gasteiger partial charge is 0.340 e. The summed E-state index contributed by atoms with van der Waals surface area (Å²) < 4.78 is 23.5. The van der Waals surface area contributed by atoms with E-state index in [9.17, 15) is 18.0 Å². The number of piperazine rings is 1. The third-order valence-electron chi connectivity index (χ3n) is 6.50. The van der Waals surface area contributed by atoms with Crippen molar-refractivity contribution in [3.8, 4) is 0 Å². The first-order chi connectivity index (χ1) is 14.3. The number of hydrogen-bond donors (Lipinski definition) is 0. The Morgan fingerprint density at radius 1 is 0.933 bits per heavy atom. The van der Waals surface area contributed by atoms with Crippen LogP contribution in [0, 0.1) is 5.92 Å². The SMILES string of the molecule is O=C(c1ccc(Cl)cc1)N1CCC[C@H](C(=O)N2CCN([C@H]3CCS(=O)(=O)C3)CC2)C1. The summed E-state index contributed by atoms with van der Waals surface area (Å²) >= 11 is 5.91. The summed E-state index contributed by atoms with van der Waals surface area (Å²) in [4.78, 5) is 31.8. The fourth-order valence-electron chi connectivity index (χ4n) is 4.77. The van der Waals surface area contributed by atoms with E-state index in [1.807, 2.05) is 4.90 Å². The zero-order valence-corrected chi connectivity index (χ0v) is 18.6. The molecule has 0 aromatic heterocycles. The van der Waals surface area contributed by atoms with Crippen LogP contribution in [0.2, 0.25) is 5.02 Å². The first kappa shape index (κ1) is 21.6. The molecule has 3 fully saturated rings. The van der Waals surface area contributed by atoms with E-state index in [1.54, 1.807) is 29.2 Å². The van der Waals surface area contributed by atoms with Crippen LogP contribution in [0.4, 0.5) is 0 Å². The van der Waals surface area contributed by atoms with Gasteiger partial charge in [0.25, 0.3) is 5.91 Å². The predicted molar refractivity (Wildman–Crippen MR) is 115 cm³/mol. The summed E-state index contributed by atoms with van der Waals surface area (Å²) in [6.07, 6.45) is 2.31. The summed E-state index contributed by atoms with van der Waals surface area (Å²) in [5.41, 5.74) is 0.590. The minimum absolute atomic E-state index is 0.0589. The van der Waals surface area contributed by atoms with Crippen LogP contribution in [0.1, 0.15) is 29.6 Å². The third kappa shape index (κ3) is 4.81. The molecule has 3 heterocycles. The molecule has 164 valence electrons. The molecular formula is C21H28ClN3O4S. The van der Waals surface area contributed by atoms with Crippen molar-refractivity contribution < 1.29 is 18.0 Å². The van der Waals surface area contributed by atoms with Crippen molar-refractivity contribution in [1.29, 1.82) is 0 Å². The van der Waals surface area contributed by atoms with Gasteiger partial charge >= 0.3 is 0 Å². The van der Waals surface area contributed by atoms with Gasteiger partial charge in [-0.15, -0.1) is 0 Å². The minimum Gasteiger partial charge on any atom is -0.340 e. The minimum atomic E-state index is -2.90. The lowest BCUT2D eigenvalue weighted by atomic mass is 9.95. The molecule has 0 bridgehead atoms. The summed E-state index contributed by atoms with van der Waals surface area (Å²) in [5, 5.41) is 0.590. The molecular weight excluding hydrogens is 426 g/mol. The highest BCUT2D eigenvalue weighted by Gasteiger charge is 2.36. The molecule has 4 rings (SSSR count). The zero-order chi connectivity index (χ0) is 21.3. The smallest absolute Gasteiger partial charge is 0.253 e. The maximum atomic E-state index is 13.1. The topological polar surface area (TPSA) is 78.0 Å². The maximum absolute atomic E-state index is 13.1. The maximum Gasteiger partial charge on any atom is 0.253 e. The first-order valence-electron chi connectivity index (χ1n) is 10.6. The Morgan fingerprint density at radius 3 is 2.27 bits per heavy atom. The van der Waals surface area contributed by atoms with Gasteiger partial charge in [-0.3, -0.25) is 14.5 Å². The molecule has 2 amide bonds. The van der Waals surface area contributed by atoms with E-state index in [1.165, 1.54) is 0 Å². The molecule has 7 nitrogen and oxygen atoms in total. The third-order valence-corrected chi connectivity index (χ3v) is 8.50. The molecule has 1 aromatic carbocycles. The van der Waals surface area contributed by atoms with Gasteiger partial charge in [0.05, 0.1) is 17.4 Å². The van der Waals surface area contributed by atoms with E-state index in [4.69, 9.17) is 11.6 Å². The Labute approximate surface area is 182 Å². The fourth-order valence-corrected chi connectivity index (χ4v) is 6.65. The van der Waals surface area contributed by atoms with E-state index in [2.05, 4.69) is 4.90 Å². The van der Waals surface area contributed by atoms with Crippen LogP contribution >= 0.6 is 11.6 Å². The average Bonchev–Trinajstić information content (AvgIpc) is 3.13. The highest BCUT2D eigenvalue weighted by molar-refractivity contribution is 7.91. The molecule has 30 heavy (non-hydrogen) atoms. The van der Waals surface area contributed by atoms with Crippen LogP contribution in [0.25, 0.3) is 0 Å². The number of sulfone groups is 1. The van der Waals surface area contributed by atoms with Crippen LogP contribution in [-0.2, 0) is 14.6 Å². The predicted octanol–water partition coefficient (Wildman–Crippen LogP) is 1.52. The summed E-state index contributed by atoms with van der Waals surface area (Å²) in [5.74, 6) is 0.397. The van der Waals surface area contributed by atoms with Gasteiger partial charge in [0.15, 0.2) is 9.84 Å². The fraction of sp³-hybridized carbons (Fsp3) is 0.619. The summed E-state index contributed by atoms with van der Waals surface area (Å²) in [6, 6.07) is 6.94. The van der Waals surface area contributed by atoms with Crippen molar-refractivity contribution in [2.45, 2.75) is 25.3 Å². The van der Waals surface area contributed by atoms with Gasteiger partial charge in [-0.1, -0.05) is 11.6 Å². The second-order valence-corrected chi connectivity index (χ2v) is 11.2. The normalized spacial score (nSPS) is 27.2. The van der Waals surface area contributed by atoms with Crippen molar-refractivity contribution in [3.63, 3.8) is 0 Å². The van der Waals surface area contributed by atoms with Crippen molar-refractivity contribution in [3.05, 3.63) is 34.9 Å². The molecule has 3 aliphatic heterocycles. The molecule has 0 aliphatic carbocycles. The van der Waals surface area contributed by atoms with Crippen LogP contribution in [0.5, 0.6) is 0 Å². The molecule has 0 spiro atoms. The standard InChI is InChI=1S/C21H28ClN3O4S/c22-18-5-3-16(4-6-18)20(26)25-8-1-2-17(14-25)21(27)24-11-9-23(10-12-24)19-7-13-30(28,29)15-19/h3-6,17,19H,1-2,7-15H2/t17-,19-/m0/s1. The number of rotatable bonds is 3. The lowest BCUT2D eigenvalue weighted by Crippen LogP contribution is -2.55. The molecule has 0 unspecified atom stereocenters. The van der Waals surface area contributed by atoms with Crippen molar-refractivity contribution >= 4 is 33.3 Å². The number of likely N-dealkylation sites (tertiary alicyclic amines) is 1. The van der Waals surface area contributed by atoms with E-state index in [-0.39, 0.29) is 35.3 Å². The molecule has 1 aromatic rings. The van der Waals surface area contributed by atoms with Crippen molar-refractivity contribution in [2.75, 3.05) is 50.8 Å². The van der Waals surface area contributed by atoms with E-state index in [0.717, 1.165) is 12.8 Å². The van der Waals surface area contributed by atoms with E-state index < -0.39 is 9.84 Å². The van der Waals surface area contributed by atoms with E-state index >= 15 is 0 Å². The number of hydrogen-bond acceptors (Lipinski definition) is 5. The molecule has 0 radical (unpaired) electrons. The molecule has 0 saturated carbocycles. The quantitative estimate of drug-likeness (QED) is 0.693. The second kappa shape index (κ2) is 8.85. The van der Waals surface area contributed by atoms with Crippen LogP contribution in [-0.4, -0.2) is 91.7 Å². The van der Waals surface area contributed by atoms with Gasteiger partial charge in [0.1, 0.15) is 0 Å². The van der Waals surface area contributed by atoms with Crippen LogP contribution < -0.4 is 0 Å². The van der Waals surface area contributed by atoms with Gasteiger partial charge < -0.3 is 9.80 Å². The number of nitrogens with zero attached hydrogens (tertiary/aromatic N) is 3. The Bertz CT molecular complexity index is 897. The average molecular weight is 454 g/mol. The van der Waals surface area contributed by atoms with Crippen molar-refractivity contribution in [2.24, 2.45) is 5.92 Å². The number of amides is 2. The molecule has 3 aliphatic rings. The summed E-state index contributed by atoms with van der Waals surface area (Å²) in [7, 11) is -2.90.